The predicted octanol–water partition coefficient (Wildman–Crippen LogP) is 1.57. The van der Waals surface area contributed by atoms with E-state index < -0.39 is 10.7 Å². The Balaban J connectivity index is 2.58. The monoisotopic (exact) mass is 277 g/mol. The lowest BCUT2D eigenvalue weighted by Gasteiger charge is -2.09. The van der Waals surface area contributed by atoms with E-state index in [0.29, 0.717) is 0 Å². The summed E-state index contributed by atoms with van der Waals surface area (Å²) in [7, 11) is 2.63. The lowest BCUT2D eigenvalue weighted by atomic mass is 10.1. The summed E-state index contributed by atoms with van der Waals surface area (Å²) >= 11 is 0. The largest absolute Gasteiger partial charge is 0.493 e. The van der Waals surface area contributed by atoms with Gasteiger partial charge in [-0.05, 0) is 6.07 Å². The zero-order valence-electron chi connectivity index (χ0n) is 10.7. The van der Waals surface area contributed by atoms with Crippen LogP contribution in [-0.2, 0) is 0 Å². The summed E-state index contributed by atoms with van der Waals surface area (Å²) in [4.78, 5) is 29.0. The number of nitro benzene ring substituents is 1. The van der Waals surface area contributed by atoms with Gasteiger partial charge in [0, 0.05) is 24.0 Å². The van der Waals surface area contributed by atoms with Crippen molar-refractivity contribution in [2.45, 2.75) is 0 Å². The first-order valence-corrected chi connectivity index (χ1v) is 5.53. The molecule has 8 nitrogen and oxygen atoms in total. The molecule has 8 heteroatoms. The minimum atomic E-state index is -0.639. The average Bonchev–Trinajstić information content (AvgIpc) is 2.98. The maximum absolute atomic E-state index is 12.1. The number of carbonyl (C=O) groups is 1. The van der Waals surface area contributed by atoms with Gasteiger partial charge in [-0.2, -0.15) is 0 Å². The van der Waals surface area contributed by atoms with Gasteiger partial charge >= 0.3 is 5.69 Å². The fraction of sp³-hybridized carbons (Fsp3) is 0.167. The molecule has 0 saturated heterocycles. The quantitative estimate of drug-likeness (QED) is 0.505. The topological polar surface area (TPSA) is 107 Å². The molecule has 1 aromatic carbocycles. The zero-order valence-corrected chi connectivity index (χ0v) is 10.7. The molecule has 0 unspecified atom stereocenters. The number of imidazole rings is 1. The summed E-state index contributed by atoms with van der Waals surface area (Å²) in [5.74, 6) is -0.310. The molecule has 1 aromatic heterocycles. The van der Waals surface area contributed by atoms with Crippen LogP contribution in [0.1, 0.15) is 16.2 Å². The van der Waals surface area contributed by atoms with Crippen LogP contribution in [0.5, 0.6) is 11.5 Å². The molecule has 0 fully saturated rings. The molecule has 0 radical (unpaired) electrons. The van der Waals surface area contributed by atoms with Crippen LogP contribution in [0.3, 0.4) is 0 Å². The average molecular weight is 277 g/mol. The van der Waals surface area contributed by atoms with Gasteiger partial charge in [0.2, 0.25) is 11.5 Å². The third kappa shape index (κ3) is 2.30. The number of benzene rings is 1. The summed E-state index contributed by atoms with van der Waals surface area (Å²) in [6, 6.07) is 2.50. The van der Waals surface area contributed by atoms with Crippen LogP contribution < -0.4 is 9.47 Å². The summed E-state index contributed by atoms with van der Waals surface area (Å²) in [6.45, 7) is 0. The summed E-state index contributed by atoms with van der Waals surface area (Å²) in [6.07, 6.45) is 2.91. The molecular formula is C12H11N3O5. The third-order valence-electron chi connectivity index (χ3n) is 2.63. The maximum Gasteiger partial charge on any atom is 0.315 e. The number of methoxy groups -OCH3 is 2. The van der Waals surface area contributed by atoms with Gasteiger partial charge in [0.05, 0.1) is 19.1 Å². The maximum atomic E-state index is 12.1. The molecule has 0 aliphatic carbocycles. The van der Waals surface area contributed by atoms with Crippen molar-refractivity contribution in [3.05, 3.63) is 46.0 Å². The Morgan fingerprint density at radius 2 is 2.10 bits per heavy atom. The second-order valence-corrected chi connectivity index (χ2v) is 3.75. The van der Waals surface area contributed by atoms with Crippen molar-refractivity contribution in [2.24, 2.45) is 0 Å². The van der Waals surface area contributed by atoms with Crippen LogP contribution in [0, 0.1) is 10.1 Å². The number of carbonyl (C=O) groups excluding carboxylic acids is 1. The third-order valence-corrected chi connectivity index (χ3v) is 2.63. The number of nitro groups is 1. The van der Waals surface area contributed by atoms with Crippen molar-refractivity contribution < 1.29 is 19.2 Å². The Morgan fingerprint density at radius 1 is 1.35 bits per heavy atom. The lowest BCUT2D eigenvalue weighted by Crippen LogP contribution is -2.06. The van der Waals surface area contributed by atoms with Crippen molar-refractivity contribution in [3.8, 4) is 11.5 Å². The summed E-state index contributed by atoms with van der Waals surface area (Å²) < 4.78 is 9.98. The number of rotatable bonds is 5. The van der Waals surface area contributed by atoms with Gasteiger partial charge < -0.3 is 14.5 Å². The fourth-order valence-corrected chi connectivity index (χ4v) is 1.74. The molecule has 0 bridgehead atoms. The van der Waals surface area contributed by atoms with Gasteiger partial charge in [-0.1, -0.05) is 0 Å². The van der Waals surface area contributed by atoms with E-state index in [1.807, 2.05) is 0 Å². The number of nitrogens with one attached hydrogen (secondary N) is 1. The van der Waals surface area contributed by atoms with Gasteiger partial charge in [0.1, 0.15) is 0 Å². The Kier molecular flexibility index (Phi) is 3.65. The molecule has 0 amide bonds. The Morgan fingerprint density at radius 3 is 2.60 bits per heavy atom. The number of H-pyrrole nitrogens is 1. The van der Waals surface area contributed by atoms with Crippen LogP contribution in [0.4, 0.5) is 5.69 Å². The van der Waals surface area contributed by atoms with Gasteiger partial charge in [-0.25, -0.2) is 4.98 Å². The molecule has 0 aliphatic rings. The van der Waals surface area contributed by atoms with E-state index in [0.717, 1.165) is 6.07 Å². The number of ether oxygens (including phenoxy) is 2. The molecule has 1 N–H and O–H groups in total. The lowest BCUT2D eigenvalue weighted by molar-refractivity contribution is -0.385. The first-order chi connectivity index (χ1) is 9.58. The second-order valence-electron chi connectivity index (χ2n) is 3.75. The molecule has 2 rings (SSSR count). The summed E-state index contributed by atoms with van der Waals surface area (Å²) in [5, 5.41) is 11.0. The first-order valence-electron chi connectivity index (χ1n) is 5.53. The SMILES string of the molecule is COc1cc(C(=O)c2ncc[nH]2)cc([N+](=O)[O-])c1OC. The van der Waals surface area contributed by atoms with Crippen LogP contribution in [0.25, 0.3) is 0 Å². The first kappa shape index (κ1) is 13.5. The van der Waals surface area contributed by atoms with Crippen molar-refractivity contribution in [1.29, 1.82) is 0 Å². The smallest absolute Gasteiger partial charge is 0.315 e. The van der Waals surface area contributed by atoms with Gasteiger partial charge in [0.25, 0.3) is 0 Å². The number of hydrogen-bond donors (Lipinski definition) is 1. The molecule has 0 atom stereocenters. The molecular weight excluding hydrogens is 266 g/mol. The van der Waals surface area contributed by atoms with Gasteiger partial charge in [-0.3, -0.25) is 14.9 Å². The zero-order chi connectivity index (χ0) is 14.7. The Bertz CT molecular complexity index is 651. The van der Waals surface area contributed by atoms with E-state index in [4.69, 9.17) is 9.47 Å². The minimum absolute atomic E-state index is 0.0338. The standard InChI is InChI=1S/C12H11N3O5/c1-19-9-6-7(10(16)12-13-3-4-14-12)5-8(15(17)18)11(9)20-2/h3-6H,1-2H3,(H,13,14). The molecule has 1 heterocycles. The van der Waals surface area contributed by atoms with Crippen LogP contribution in [0.2, 0.25) is 0 Å². The number of aromatic nitrogens is 2. The number of ketones is 1. The molecule has 0 aliphatic heterocycles. The highest BCUT2D eigenvalue weighted by Gasteiger charge is 2.24. The minimum Gasteiger partial charge on any atom is -0.493 e. The Labute approximate surface area is 113 Å². The van der Waals surface area contributed by atoms with Crippen molar-refractivity contribution in [1.82, 2.24) is 9.97 Å². The van der Waals surface area contributed by atoms with E-state index in [-0.39, 0.29) is 28.6 Å². The molecule has 104 valence electrons. The van der Waals surface area contributed by atoms with E-state index >= 15 is 0 Å². The molecule has 0 spiro atoms. The van der Waals surface area contributed by atoms with Crippen LogP contribution >= 0.6 is 0 Å². The van der Waals surface area contributed by atoms with Crippen LogP contribution in [0.15, 0.2) is 24.5 Å². The van der Waals surface area contributed by atoms with E-state index in [1.165, 1.54) is 32.7 Å². The van der Waals surface area contributed by atoms with Crippen LogP contribution in [-0.4, -0.2) is 34.9 Å². The highest BCUT2D eigenvalue weighted by molar-refractivity contribution is 6.07. The predicted molar refractivity (Wildman–Crippen MR) is 68.2 cm³/mol. The van der Waals surface area contributed by atoms with E-state index in [2.05, 4.69) is 9.97 Å². The summed E-state index contributed by atoms with van der Waals surface area (Å²) in [5.41, 5.74) is -0.258. The van der Waals surface area contributed by atoms with Crippen molar-refractivity contribution in [3.63, 3.8) is 0 Å². The number of hydrogen-bond acceptors (Lipinski definition) is 6. The molecule has 0 saturated carbocycles. The number of aromatic amines is 1. The second kappa shape index (κ2) is 5.39. The number of nitrogens with zero attached hydrogens (tertiary/aromatic N) is 2. The normalized spacial score (nSPS) is 10.1. The van der Waals surface area contributed by atoms with E-state index in [9.17, 15) is 14.9 Å². The molecule has 20 heavy (non-hydrogen) atoms. The Hall–Kier alpha value is -2.90. The fourth-order valence-electron chi connectivity index (χ4n) is 1.74. The highest BCUT2D eigenvalue weighted by Crippen LogP contribution is 2.38. The van der Waals surface area contributed by atoms with Gasteiger partial charge in [0.15, 0.2) is 11.6 Å². The highest BCUT2D eigenvalue weighted by atomic mass is 16.6. The molecule has 2 aromatic rings. The van der Waals surface area contributed by atoms with Crippen molar-refractivity contribution >= 4 is 11.5 Å². The van der Waals surface area contributed by atoms with E-state index in [1.54, 1.807) is 0 Å². The van der Waals surface area contributed by atoms with Crippen molar-refractivity contribution in [2.75, 3.05) is 14.2 Å². The van der Waals surface area contributed by atoms with Gasteiger partial charge in [-0.15, -0.1) is 0 Å².